The van der Waals surface area contributed by atoms with E-state index in [4.69, 9.17) is 5.73 Å². The molecule has 2 aromatic carbocycles. The van der Waals surface area contributed by atoms with Crippen LogP contribution in [0.25, 0.3) is 0 Å². The average Bonchev–Trinajstić information content (AvgIpc) is 2.56. The Labute approximate surface area is 136 Å². The van der Waals surface area contributed by atoms with E-state index in [-0.39, 0.29) is 0 Å². The number of rotatable bonds is 5. The molecule has 0 unspecified atom stereocenters. The molecule has 0 bridgehead atoms. The van der Waals surface area contributed by atoms with Crippen LogP contribution in [-0.2, 0) is 13.1 Å². The van der Waals surface area contributed by atoms with Gasteiger partial charge in [-0.2, -0.15) is 0 Å². The van der Waals surface area contributed by atoms with E-state index in [1.54, 1.807) is 19.2 Å². The zero-order chi connectivity index (χ0) is 16.7. The number of hydrogen-bond donors (Lipinski definition) is 2. The van der Waals surface area contributed by atoms with Crippen LogP contribution in [0, 0.1) is 0 Å². The number of aliphatic imine (C=N–C) groups is 1. The number of benzene rings is 2. The van der Waals surface area contributed by atoms with Crippen LogP contribution in [0.4, 0.5) is 0 Å². The highest BCUT2D eigenvalue weighted by Gasteiger charge is 2.06. The number of nitrogens with one attached hydrogen (secondary N) is 1. The predicted octanol–water partition coefficient (Wildman–Crippen LogP) is 1.99. The molecule has 120 valence electrons. The number of carbonyl (C=O) groups excluding carboxylic acids is 1. The largest absolute Gasteiger partial charge is 0.366 e. The first-order valence-electron chi connectivity index (χ1n) is 7.44. The molecule has 0 saturated carbocycles. The van der Waals surface area contributed by atoms with Crippen molar-refractivity contribution in [2.24, 2.45) is 10.7 Å². The van der Waals surface area contributed by atoms with Gasteiger partial charge in [0.05, 0.1) is 0 Å². The minimum atomic E-state index is -0.414. The summed E-state index contributed by atoms with van der Waals surface area (Å²) in [6, 6.07) is 17.5. The summed E-state index contributed by atoms with van der Waals surface area (Å²) in [6.07, 6.45) is 0. The van der Waals surface area contributed by atoms with Crippen LogP contribution in [0.5, 0.6) is 0 Å². The zero-order valence-corrected chi connectivity index (χ0v) is 13.5. The highest BCUT2D eigenvalue weighted by atomic mass is 16.1. The molecule has 0 aliphatic carbocycles. The minimum Gasteiger partial charge on any atom is -0.366 e. The van der Waals surface area contributed by atoms with E-state index in [1.165, 1.54) is 5.56 Å². The summed E-state index contributed by atoms with van der Waals surface area (Å²) < 4.78 is 0. The maximum absolute atomic E-state index is 11.1. The van der Waals surface area contributed by atoms with E-state index in [0.29, 0.717) is 12.1 Å². The smallest absolute Gasteiger partial charge is 0.248 e. The van der Waals surface area contributed by atoms with Crippen LogP contribution in [0.3, 0.4) is 0 Å². The summed E-state index contributed by atoms with van der Waals surface area (Å²) >= 11 is 0. The molecule has 1 amide bonds. The maximum Gasteiger partial charge on any atom is 0.248 e. The van der Waals surface area contributed by atoms with Crippen molar-refractivity contribution in [2.75, 3.05) is 14.1 Å². The summed E-state index contributed by atoms with van der Waals surface area (Å²) in [5.41, 5.74) is 8.04. The van der Waals surface area contributed by atoms with E-state index in [1.807, 2.05) is 37.4 Å². The van der Waals surface area contributed by atoms with E-state index < -0.39 is 5.91 Å². The van der Waals surface area contributed by atoms with Crippen molar-refractivity contribution in [1.29, 1.82) is 0 Å². The van der Waals surface area contributed by atoms with Gasteiger partial charge >= 0.3 is 0 Å². The second kappa shape index (κ2) is 7.98. The Morgan fingerprint density at radius 1 is 1.09 bits per heavy atom. The van der Waals surface area contributed by atoms with Gasteiger partial charge in [0, 0.05) is 32.7 Å². The molecule has 0 spiro atoms. The molecule has 0 aromatic heterocycles. The maximum atomic E-state index is 11.1. The second-order valence-corrected chi connectivity index (χ2v) is 5.30. The van der Waals surface area contributed by atoms with Gasteiger partial charge in [0.25, 0.3) is 0 Å². The molecule has 2 rings (SSSR count). The number of hydrogen-bond acceptors (Lipinski definition) is 2. The Morgan fingerprint density at radius 3 is 2.30 bits per heavy atom. The Kier molecular flexibility index (Phi) is 5.74. The highest BCUT2D eigenvalue weighted by molar-refractivity contribution is 5.92. The van der Waals surface area contributed by atoms with Gasteiger partial charge in [-0.3, -0.25) is 9.79 Å². The number of amides is 1. The number of nitrogens with zero attached hydrogens (tertiary/aromatic N) is 2. The third kappa shape index (κ3) is 4.85. The number of carbonyl (C=O) groups is 1. The van der Waals surface area contributed by atoms with Gasteiger partial charge in [-0.05, 0) is 23.3 Å². The van der Waals surface area contributed by atoms with Crippen molar-refractivity contribution in [3.8, 4) is 0 Å². The van der Waals surface area contributed by atoms with Gasteiger partial charge in [-0.25, -0.2) is 0 Å². The molecule has 2 aromatic rings. The molecule has 0 saturated heterocycles. The lowest BCUT2D eigenvalue weighted by molar-refractivity contribution is 0.100. The fourth-order valence-electron chi connectivity index (χ4n) is 2.28. The Balaban J connectivity index is 1.93. The van der Waals surface area contributed by atoms with Crippen LogP contribution in [0.1, 0.15) is 21.5 Å². The molecule has 5 heteroatoms. The second-order valence-electron chi connectivity index (χ2n) is 5.30. The minimum absolute atomic E-state index is 0.414. The molecule has 23 heavy (non-hydrogen) atoms. The van der Waals surface area contributed by atoms with E-state index >= 15 is 0 Å². The van der Waals surface area contributed by atoms with Crippen LogP contribution in [0.2, 0.25) is 0 Å². The van der Waals surface area contributed by atoms with Crippen LogP contribution in [0.15, 0.2) is 59.6 Å². The Morgan fingerprint density at radius 2 is 1.74 bits per heavy atom. The van der Waals surface area contributed by atoms with Crippen molar-refractivity contribution < 1.29 is 4.79 Å². The molecule has 0 radical (unpaired) electrons. The fraction of sp³-hybridized carbons (Fsp3) is 0.222. The number of guanidine groups is 1. The van der Waals surface area contributed by atoms with E-state index in [9.17, 15) is 4.79 Å². The van der Waals surface area contributed by atoms with Crippen molar-refractivity contribution in [2.45, 2.75) is 13.1 Å². The summed E-state index contributed by atoms with van der Waals surface area (Å²) in [5.74, 6) is 0.399. The lowest BCUT2D eigenvalue weighted by Crippen LogP contribution is -2.38. The first-order chi connectivity index (χ1) is 11.1. The third-order valence-electron chi connectivity index (χ3n) is 3.53. The van der Waals surface area contributed by atoms with Gasteiger partial charge in [-0.1, -0.05) is 42.5 Å². The zero-order valence-electron chi connectivity index (χ0n) is 13.5. The SMILES string of the molecule is CN=C(NCc1ccc(C(N)=O)cc1)N(C)Cc1ccccc1. The van der Waals surface area contributed by atoms with Crippen LogP contribution < -0.4 is 11.1 Å². The highest BCUT2D eigenvalue weighted by Crippen LogP contribution is 2.05. The molecule has 5 nitrogen and oxygen atoms in total. The molecule has 0 fully saturated rings. The lowest BCUT2D eigenvalue weighted by atomic mass is 10.1. The van der Waals surface area contributed by atoms with E-state index in [0.717, 1.165) is 18.1 Å². The van der Waals surface area contributed by atoms with Gasteiger partial charge in [0.1, 0.15) is 0 Å². The van der Waals surface area contributed by atoms with Crippen molar-refractivity contribution >= 4 is 11.9 Å². The Hall–Kier alpha value is -2.82. The van der Waals surface area contributed by atoms with Crippen molar-refractivity contribution in [3.63, 3.8) is 0 Å². The first-order valence-corrected chi connectivity index (χ1v) is 7.44. The number of primary amides is 1. The standard InChI is InChI=1S/C18H22N4O/c1-20-18(22(2)13-15-6-4-3-5-7-15)21-12-14-8-10-16(11-9-14)17(19)23/h3-11H,12-13H2,1-2H3,(H2,19,23)(H,20,21). The first kappa shape index (κ1) is 16.5. The summed E-state index contributed by atoms with van der Waals surface area (Å²) in [4.78, 5) is 17.4. The fourth-order valence-corrected chi connectivity index (χ4v) is 2.28. The molecule has 0 aliphatic rings. The molecular formula is C18H22N4O. The Bertz CT molecular complexity index is 665. The van der Waals surface area contributed by atoms with Gasteiger partial charge in [0.2, 0.25) is 5.91 Å². The topological polar surface area (TPSA) is 70.7 Å². The van der Waals surface area contributed by atoms with Crippen molar-refractivity contribution in [3.05, 3.63) is 71.3 Å². The molecular weight excluding hydrogens is 288 g/mol. The molecule has 0 aliphatic heterocycles. The monoisotopic (exact) mass is 310 g/mol. The van der Waals surface area contributed by atoms with Gasteiger partial charge in [-0.15, -0.1) is 0 Å². The van der Waals surface area contributed by atoms with Crippen LogP contribution in [-0.4, -0.2) is 30.9 Å². The summed E-state index contributed by atoms with van der Waals surface area (Å²) in [6.45, 7) is 1.41. The van der Waals surface area contributed by atoms with E-state index in [2.05, 4.69) is 27.3 Å². The lowest BCUT2D eigenvalue weighted by Gasteiger charge is -2.22. The molecule has 0 atom stereocenters. The quantitative estimate of drug-likeness (QED) is 0.655. The number of nitrogens with two attached hydrogens (primary N) is 1. The third-order valence-corrected chi connectivity index (χ3v) is 3.53. The molecule has 3 N–H and O–H groups in total. The van der Waals surface area contributed by atoms with Crippen molar-refractivity contribution in [1.82, 2.24) is 10.2 Å². The summed E-state index contributed by atoms with van der Waals surface area (Å²) in [7, 11) is 3.76. The summed E-state index contributed by atoms with van der Waals surface area (Å²) in [5, 5.41) is 3.31. The predicted molar refractivity (Wildman–Crippen MR) is 93.1 cm³/mol. The van der Waals surface area contributed by atoms with Crippen LogP contribution >= 0.6 is 0 Å². The van der Waals surface area contributed by atoms with Gasteiger partial charge in [0.15, 0.2) is 5.96 Å². The normalized spacial score (nSPS) is 11.1. The van der Waals surface area contributed by atoms with Gasteiger partial charge < -0.3 is 16.0 Å². The average molecular weight is 310 g/mol. The molecule has 0 heterocycles.